The maximum Gasteiger partial charge on any atom is 0.325 e. The van der Waals surface area contributed by atoms with Crippen LogP contribution >= 0.6 is 23.2 Å². The van der Waals surface area contributed by atoms with Gasteiger partial charge in [-0.2, -0.15) is 0 Å². The van der Waals surface area contributed by atoms with E-state index in [9.17, 15) is 14.4 Å². The van der Waals surface area contributed by atoms with Crippen molar-refractivity contribution in [3.05, 3.63) is 33.8 Å². The molecule has 2 N–H and O–H groups in total. The number of carboxylic acid groups (broad SMARTS) is 1. The van der Waals surface area contributed by atoms with E-state index in [1.807, 2.05) is 6.92 Å². The van der Waals surface area contributed by atoms with Crippen LogP contribution in [0.1, 0.15) is 32.3 Å². The summed E-state index contributed by atoms with van der Waals surface area (Å²) in [6.45, 7) is 4.56. The number of carbonyl (C=O) groups is 3. The van der Waals surface area contributed by atoms with E-state index in [1.54, 1.807) is 23.1 Å². The van der Waals surface area contributed by atoms with Crippen LogP contribution in [0.2, 0.25) is 10.0 Å². The summed E-state index contributed by atoms with van der Waals surface area (Å²) in [5.74, 6) is -1.38. The van der Waals surface area contributed by atoms with Crippen molar-refractivity contribution >= 4 is 47.1 Å². The van der Waals surface area contributed by atoms with Crippen molar-refractivity contribution in [3.63, 3.8) is 0 Å². The summed E-state index contributed by atoms with van der Waals surface area (Å²) in [5.41, 5.74) is 0.602. The minimum absolute atomic E-state index is 0.191. The second-order valence-electron chi connectivity index (χ2n) is 6.72. The van der Waals surface area contributed by atoms with Crippen molar-refractivity contribution < 1.29 is 24.2 Å². The molecule has 1 heterocycles. The van der Waals surface area contributed by atoms with Crippen molar-refractivity contribution in [1.29, 1.82) is 0 Å². The van der Waals surface area contributed by atoms with Crippen LogP contribution in [0, 0.1) is 5.92 Å². The average Bonchev–Trinajstić information content (AvgIpc) is 2.70. The number of benzene rings is 1. The van der Waals surface area contributed by atoms with Gasteiger partial charge in [-0.3, -0.25) is 14.4 Å². The summed E-state index contributed by atoms with van der Waals surface area (Å²) in [7, 11) is 0. The van der Waals surface area contributed by atoms with E-state index in [0.717, 1.165) is 0 Å². The molecule has 1 saturated heterocycles. The highest BCUT2D eigenvalue weighted by Crippen LogP contribution is 2.35. The lowest BCUT2D eigenvalue weighted by molar-refractivity contribution is -0.142. The predicted octanol–water partition coefficient (Wildman–Crippen LogP) is 3.23. The van der Waals surface area contributed by atoms with E-state index < -0.39 is 12.0 Å². The number of carboxylic acids is 1. The van der Waals surface area contributed by atoms with Crippen LogP contribution < -0.4 is 10.1 Å². The molecule has 2 amide bonds. The number of ether oxygens (including phenoxy) is 1. The van der Waals surface area contributed by atoms with Gasteiger partial charge >= 0.3 is 5.97 Å². The monoisotopic (exact) mass is 442 g/mol. The Balaban J connectivity index is 1.92. The van der Waals surface area contributed by atoms with Gasteiger partial charge in [-0.05, 0) is 50.5 Å². The second-order valence-corrected chi connectivity index (χ2v) is 7.47. The molecule has 7 nitrogen and oxygen atoms in total. The largest absolute Gasteiger partial charge is 0.492 e. The first-order chi connectivity index (χ1) is 13.7. The molecule has 0 spiro atoms. The van der Waals surface area contributed by atoms with E-state index in [-0.39, 0.29) is 17.7 Å². The van der Waals surface area contributed by atoms with E-state index >= 15 is 0 Å². The van der Waals surface area contributed by atoms with Gasteiger partial charge in [0.25, 0.3) is 0 Å². The average molecular weight is 443 g/mol. The zero-order valence-corrected chi connectivity index (χ0v) is 17.8. The third kappa shape index (κ3) is 6.11. The standard InChI is InChI=1S/C20H24Cl2N2O5/c1-3-29-15-6-4-13(17(21)18(15)22)5-7-16(25)24-10-8-14(9-11-24)19(26)23-12(2)20(27)28/h4-7,12,14H,3,8-11H2,1-2H3,(H,23,26)(H,27,28). The molecule has 1 atom stereocenters. The first-order valence-corrected chi connectivity index (χ1v) is 10.1. The maximum absolute atomic E-state index is 12.4. The summed E-state index contributed by atoms with van der Waals surface area (Å²) in [4.78, 5) is 37.0. The third-order valence-electron chi connectivity index (χ3n) is 4.69. The molecule has 9 heteroatoms. The van der Waals surface area contributed by atoms with Crippen molar-refractivity contribution in [3.8, 4) is 5.75 Å². The Hall–Kier alpha value is -2.25. The Kier molecular flexibility index (Phi) is 8.34. The number of amides is 2. The van der Waals surface area contributed by atoms with Crippen LogP contribution in [0.25, 0.3) is 6.08 Å². The van der Waals surface area contributed by atoms with Crippen molar-refractivity contribution in [2.45, 2.75) is 32.7 Å². The van der Waals surface area contributed by atoms with E-state index in [1.165, 1.54) is 13.0 Å². The summed E-state index contributed by atoms with van der Waals surface area (Å²) in [6, 6.07) is 2.49. The highest BCUT2D eigenvalue weighted by atomic mass is 35.5. The molecule has 1 unspecified atom stereocenters. The van der Waals surface area contributed by atoms with Crippen LogP contribution in [0.15, 0.2) is 18.2 Å². The molecule has 29 heavy (non-hydrogen) atoms. The summed E-state index contributed by atoms with van der Waals surface area (Å²) < 4.78 is 5.38. The van der Waals surface area contributed by atoms with E-state index in [2.05, 4.69) is 5.32 Å². The summed E-state index contributed by atoms with van der Waals surface area (Å²) >= 11 is 12.4. The molecule has 0 aliphatic carbocycles. The van der Waals surface area contributed by atoms with Gasteiger partial charge in [-0.25, -0.2) is 0 Å². The lowest BCUT2D eigenvalue weighted by Gasteiger charge is -2.31. The molecule has 1 fully saturated rings. The van der Waals surface area contributed by atoms with Crippen LogP contribution in [0.3, 0.4) is 0 Å². The van der Waals surface area contributed by atoms with Gasteiger partial charge in [-0.1, -0.05) is 23.2 Å². The van der Waals surface area contributed by atoms with Gasteiger partial charge in [0, 0.05) is 25.1 Å². The Morgan fingerprint density at radius 2 is 1.93 bits per heavy atom. The molecule has 1 aromatic carbocycles. The quantitative estimate of drug-likeness (QED) is 0.631. The Morgan fingerprint density at radius 1 is 1.28 bits per heavy atom. The number of piperidine rings is 1. The molecular weight excluding hydrogens is 419 g/mol. The normalized spacial score (nSPS) is 15.9. The Morgan fingerprint density at radius 3 is 2.52 bits per heavy atom. The van der Waals surface area contributed by atoms with Gasteiger partial charge in [0.15, 0.2) is 0 Å². The maximum atomic E-state index is 12.4. The van der Waals surface area contributed by atoms with Gasteiger partial charge in [0.1, 0.15) is 16.8 Å². The lowest BCUT2D eigenvalue weighted by atomic mass is 9.95. The number of nitrogens with one attached hydrogen (secondary N) is 1. The number of rotatable bonds is 7. The smallest absolute Gasteiger partial charge is 0.325 e. The minimum Gasteiger partial charge on any atom is -0.492 e. The highest BCUT2D eigenvalue weighted by molar-refractivity contribution is 6.43. The Labute approximate surface area is 179 Å². The molecule has 1 aliphatic heterocycles. The number of hydrogen-bond acceptors (Lipinski definition) is 4. The molecule has 0 saturated carbocycles. The molecule has 0 aromatic heterocycles. The number of halogens is 2. The molecule has 2 rings (SSSR count). The predicted molar refractivity (Wildman–Crippen MR) is 111 cm³/mol. The van der Waals surface area contributed by atoms with Gasteiger partial charge in [-0.15, -0.1) is 0 Å². The molecule has 1 aromatic rings. The summed E-state index contributed by atoms with van der Waals surface area (Å²) in [6.07, 6.45) is 3.98. The molecule has 1 aliphatic rings. The van der Waals surface area contributed by atoms with Gasteiger partial charge < -0.3 is 20.1 Å². The number of nitrogens with zero attached hydrogens (tertiary/aromatic N) is 1. The fourth-order valence-electron chi connectivity index (χ4n) is 2.96. The van der Waals surface area contributed by atoms with E-state index in [0.29, 0.717) is 53.9 Å². The van der Waals surface area contributed by atoms with Crippen LogP contribution in [-0.2, 0) is 14.4 Å². The second kappa shape index (κ2) is 10.5. The van der Waals surface area contributed by atoms with Crippen LogP contribution in [0.4, 0.5) is 0 Å². The fourth-order valence-corrected chi connectivity index (χ4v) is 3.41. The van der Waals surface area contributed by atoms with E-state index in [4.69, 9.17) is 33.0 Å². The summed E-state index contributed by atoms with van der Waals surface area (Å²) in [5, 5.41) is 12.0. The van der Waals surface area contributed by atoms with Crippen LogP contribution in [-0.4, -0.2) is 53.5 Å². The fraction of sp³-hybridized carbons (Fsp3) is 0.450. The number of carbonyl (C=O) groups excluding carboxylic acids is 2. The first-order valence-electron chi connectivity index (χ1n) is 9.35. The van der Waals surface area contributed by atoms with Crippen molar-refractivity contribution in [2.75, 3.05) is 19.7 Å². The highest BCUT2D eigenvalue weighted by Gasteiger charge is 2.28. The lowest BCUT2D eigenvalue weighted by Crippen LogP contribution is -2.46. The number of hydrogen-bond donors (Lipinski definition) is 2. The zero-order chi connectivity index (χ0) is 21.6. The van der Waals surface area contributed by atoms with Gasteiger partial charge in [0.2, 0.25) is 11.8 Å². The number of aliphatic carboxylic acids is 1. The minimum atomic E-state index is -1.08. The van der Waals surface area contributed by atoms with Crippen molar-refractivity contribution in [1.82, 2.24) is 10.2 Å². The van der Waals surface area contributed by atoms with Crippen LogP contribution in [0.5, 0.6) is 5.75 Å². The van der Waals surface area contributed by atoms with Gasteiger partial charge in [0.05, 0.1) is 11.6 Å². The first kappa shape index (κ1) is 23.0. The SMILES string of the molecule is CCOc1ccc(C=CC(=O)N2CCC(C(=O)NC(C)C(=O)O)CC2)c(Cl)c1Cl. The molecule has 0 bridgehead atoms. The topological polar surface area (TPSA) is 95.9 Å². The number of likely N-dealkylation sites (tertiary alicyclic amines) is 1. The zero-order valence-electron chi connectivity index (χ0n) is 16.3. The van der Waals surface area contributed by atoms with Crippen molar-refractivity contribution in [2.24, 2.45) is 5.92 Å². The molecular formula is C20H24Cl2N2O5. The molecule has 158 valence electrons. The molecule has 0 radical (unpaired) electrons. The third-order valence-corrected chi connectivity index (χ3v) is 5.57. The Bertz CT molecular complexity index is 804.